The van der Waals surface area contributed by atoms with Crippen molar-refractivity contribution < 1.29 is 4.74 Å². The molecule has 0 aromatic carbocycles. The molecule has 2 N–H and O–H groups in total. The second kappa shape index (κ2) is 8.59. The average molecular weight is 296 g/mol. The van der Waals surface area contributed by atoms with Crippen molar-refractivity contribution in [3.05, 3.63) is 0 Å². The summed E-state index contributed by atoms with van der Waals surface area (Å²) in [5.41, 5.74) is 6.15. The van der Waals surface area contributed by atoms with Crippen LogP contribution in [0.1, 0.15) is 32.6 Å². The third-order valence-corrected chi connectivity index (χ3v) is 4.94. The summed E-state index contributed by atoms with van der Waals surface area (Å²) in [7, 11) is 1.77. The number of guanidine groups is 1. The van der Waals surface area contributed by atoms with Crippen molar-refractivity contribution in [3.8, 4) is 0 Å². The van der Waals surface area contributed by atoms with Gasteiger partial charge >= 0.3 is 0 Å². The Morgan fingerprint density at radius 2 is 1.81 bits per heavy atom. The van der Waals surface area contributed by atoms with Crippen LogP contribution in [0.5, 0.6) is 0 Å². The Bertz CT molecular complexity index is 318. The molecule has 0 atom stereocenters. The summed E-state index contributed by atoms with van der Waals surface area (Å²) in [6, 6.07) is 0. The van der Waals surface area contributed by atoms with Gasteiger partial charge in [0.05, 0.1) is 6.61 Å². The van der Waals surface area contributed by atoms with Crippen LogP contribution in [-0.4, -0.2) is 68.7 Å². The Morgan fingerprint density at radius 1 is 1.14 bits per heavy atom. The lowest BCUT2D eigenvalue weighted by Gasteiger charge is -2.32. The van der Waals surface area contributed by atoms with Gasteiger partial charge in [-0.15, -0.1) is 0 Å². The van der Waals surface area contributed by atoms with E-state index in [1.54, 1.807) is 7.11 Å². The highest BCUT2D eigenvalue weighted by Crippen LogP contribution is 2.18. The van der Waals surface area contributed by atoms with Gasteiger partial charge < -0.3 is 20.3 Å². The Kier molecular flexibility index (Phi) is 6.77. The van der Waals surface area contributed by atoms with Crippen LogP contribution in [0.15, 0.2) is 4.99 Å². The molecule has 2 heterocycles. The first kappa shape index (κ1) is 16.6. The molecule has 0 aromatic rings. The number of likely N-dealkylation sites (tertiary alicyclic amines) is 2. The second-order valence-electron chi connectivity index (χ2n) is 6.65. The highest BCUT2D eigenvalue weighted by molar-refractivity contribution is 5.78. The average Bonchev–Trinajstić information content (AvgIpc) is 2.52. The molecule has 0 unspecified atom stereocenters. The number of hydrogen-bond acceptors (Lipinski definition) is 3. The number of hydrogen-bond donors (Lipinski definition) is 1. The zero-order valence-corrected chi connectivity index (χ0v) is 13.8. The fourth-order valence-corrected chi connectivity index (χ4v) is 3.17. The monoisotopic (exact) mass is 296 g/mol. The third kappa shape index (κ3) is 5.47. The maximum Gasteiger partial charge on any atom is 0.191 e. The molecule has 5 heteroatoms. The van der Waals surface area contributed by atoms with E-state index in [4.69, 9.17) is 10.5 Å². The minimum absolute atomic E-state index is 0.700. The van der Waals surface area contributed by atoms with Gasteiger partial charge in [0, 0.05) is 33.3 Å². The Balaban J connectivity index is 1.67. The summed E-state index contributed by atoms with van der Waals surface area (Å²) in [4.78, 5) is 9.40. The fraction of sp³-hybridized carbons (Fsp3) is 0.938. The Labute approximate surface area is 129 Å². The van der Waals surface area contributed by atoms with Gasteiger partial charge in [0.15, 0.2) is 5.96 Å². The summed E-state index contributed by atoms with van der Waals surface area (Å²) < 4.78 is 5.14. The number of aliphatic imine (C=N–C) groups is 1. The van der Waals surface area contributed by atoms with E-state index in [1.165, 1.54) is 38.8 Å². The second-order valence-corrected chi connectivity index (χ2v) is 6.65. The molecule has 21 heavy (non-hydrogen) atoms. The minimum atomic E-state index is 0.700. The first-order valence-corrected chi connectivity index (χ1v) is 8.45. The normalized spacial score (nSPS) is 23.7. The van der Waals surface area contributed by atoms with Crippen LogP contribution in [-0.2, 0) is 4.74 Å². The molecule has 0 aliphatic carbocycles. The molecule has 0 bridgehead atoms. The largest absolute Gasteiger partial charge is 0.383 e. The summed E-state index contributed by atoms with van der Waals surface area (Å²) in [5, 5.41) is 0. The predicted octanol–water partition coefficient (Wildman–Crippen LogP) is 1.39. The van der Waals surface area contributed by atoms with Gasteiger partial charge in [0.2, 0.25) is 0 Å². The van der Waals surface area contributed by atoms with Gasteiger partial charge in [-0.3, -0.25) is 4.99 Å². The summed E-state index contributed by atoms with van der Waals surface area (Å²) >= 11 is 0. The number of methoxy groups -OCH3 is 1. The highest BCUT2D eigenvalue weighted by atomic mass is 16.5. The van der Waals surface area contributed by atoms with Crippen LogP contribution >= 0.6 is 0 Å². The zero-order chi connectivity index (χ0) is 15.1. The molecule has 5 nitrogen and oxygen atoms in total. The first-order valence-electron chi connectivity index (χ1n) is 8.45. The van der Waals surface area contributed by atoms with Crippen LogP contribution in [0.25, 0.3) is 0 Å². The standard InChI is InChI=1S/C16H32N4O/c1-14-3-9-20(10-4-14)16(17)18-13-15-5-7-19(8-6-15)11-12-21-2/h14-15H,3-13H2,1-2H3,(H2,17,18). The van der Waals surface area contributed by atoms with Crippen LogP contribution in [0, 0.1) is 11.8 Å². The number of piperidine rings is 2. The van der Waals surface area contributed by atoms with Crippen molar-refractivity contribution in [2.45, 2.75) is 32.6 Å². The first-order chi connectivity index (χ1) is 10.2. The van der Waals surface area contributed by atoms with Crippen molar-refractivity contribution in [2.24, 2.45) is 22.6 Å². The molecule has 0 aromatic heterocycles. The Hall–Kier alpha value is -0.810. The molecular formula is C16H32N4O. The van der Waals surface area contributed by atoms with Crippen molar-refractivity contribution in [1.82, 2.24) is 9.80 Å². The van der Waals surface area contributed by atoms with Crippen molar-refractivity contribution >= 4 is 5.96 Å². The number of ether oxygens (including phenoxy) is 1. The zero-order valence-electron chi connectivity index (χ0n) is 13.8. The molecule has 0 radical (unpaired) electrons. The van der Waals surface area contributed by atoms with Crippen molar-refractivity contribution in [3.63, 3.8) is 0 Å². The molecule has 2 aliphatic heterocycles. The molecule has 122 valence electrons. The van der Waals surface area contributed by atoms with Gasteiger partial charge in [-0.1, -0.05) is 6.92 Å². The van der Waals surface area contributed by atoms with E-state index in [-0.39, 0.29) is 0 Å². The summed E-state index contributed by atoms with van der Waals surface area (Å²) in [5.74, 6) is 2.31. The maximum atomic E-state index is 6.15. The lowest BCUT2D eigenvalue weighted by Crippen LogP contribution is -2.43. The topological polar surface area (TPSA) is 54.1 Å². The summed E-state index contributed by atoms with van der Waals surface area (Å²) in [6.45, 7) is 9.61. The van der Waals surface area contributed by atoms with Crippen LogP contribution in [0.4, 0.5) is 0 Å². The minimum Gasteiger partial charge on any atom is -0.383 e. The van der Waals surface area contributed by atoms with Gasteiger partial charge in [-0.05, 0) is 50.6 Å². The predicted molar refractivity (Wildman–Crippen MR) is 87.5 cm³/mol. The Morgan fingerprint density at radius 3 is 2.43 bits per heavy atom. The number of rotatable bonds is 5. The van der Waals surface area contributed by atoms with Gasteiger partial charge in [-0.2, -0.15) is 0 Å². The van der Waals surface area contributed by atoms with Gasteiger partial charge in [0.25, 0.3) is 0 Å². The van der Waals surface area contributed by atoms with E-state index in [1.807, 2.05) is 0 Å². The van der Waals surface area contributed by atoms with Gasteiger partial charge in [-0.25, -0.2) is 0 Å². The smallest absolute Gasteiger partial charge is 0.191 e. The van der Waals surface area contributed by atoms with E-state index in [0.29, 0.717) is 5.92 Å². The van der Waals surface area contributed by atoms with Crippen LogP contribution in [0.2, 0.25) is 0 Å². The van der Waals surface area contributed by atoms with E-state index in [2.05, 4.69) is 21.7 Å². The molecule has 0 spiro atoms. The van der Waals surface area contributed by atoms with Crippen molar-refractivity contribution in [1.29, 1.82) is 0 Å². The van der Waals surface area contributed by atoms with E-state index in [0.717, 1.165) is 44.7 Å². The lowest BCUT2D eigenvalue weighted by molar-refractivity contribution is 0.121. The molecular weight excluding hydrogens is 264 g/mol. The molecule has 2 saturated heterocycles. The van der Waals surface area contributed by atoms with E-state index in [9.17, 15) is 0 Å². The van der Waals surface area contributed by atoms with E-state index >= 15 is 0 Å². The van der Waals surface area contributed by atoms with E-state index < -0.39 is 0 Å². The van der Waals surface area contributed by atoms with Crippen LogP contribution < -0.4 is 5.73 Å². The van der Waals surface area contributed by atoms with Gasteiger partial charge in [0.1, 0.15) is 0 Å². The molecule has 0 saturated carbocycles. The fourth-order valence-electron chi connectivity index (χ4n) is 3.17. The summed E-state index contributed by atoms with van der Waals surface area (Å²) in [6.07, 6.45) is 4.96. The lowest BCUT2D eigenvalue weighted by atomic mass is 9.97. The van der Waals surface area contributed by atoms with Crippen molar-refractivity contribution in [2.75, 3.05) is 53.0 Å². The maximum absolute atomic E-state index is 6.15. The molecule has 2 fully saturated rings. The molecule has 2 rings (SSSR count). The SMILES string of the molecule is COCCN1CCC(CN=C(N)N2CCC(C)CC2)CC1. The molecule has 0 amide bonds. The van der Waals surface area contributed by atoms with Crippen LogP contribution in [0.3, 0.4) is 0 Å². The number of nitrogens with two attached hydrogens (primary N) is 1. The molecule has 2 aliphatic rings. The third-order valence-electron chi connectivity index (χ3n) is 4.94. The number of nitrogens with zero attached hydrogens (tertiary/aromatic N) is 3. The highest BCUT2D eigenvalue weighted by Gasteiger charge is 2.20. The quantitative estimate of drug-likeness (QED) is 0.615.